The van der Waals surface area contributed by atoms with E-state index in [2.05, 4.69) is 5.32 Å². The molecule has 8 nitrogen and oxygen atoms in total. The first-order valence-electron chi connectivity index (χ1n) is 5.62. The number of thioether (sulfide) groups is 1. The van der Waals surface area contributed by atoms with Gasteiger partial charge in [-0.25, -0.2) is 4.79 Å². The van der Waals surface area contributed by atoms with E-state index in [0.717, 1.165) is 0 Å². The molecule has 0 radical (unpaired) electrons. The highest BCUT2D eigenvalue weighted by atomic mass is 32.2. The zero-order chi connectivity index (χ0) is 14.4. The minimum Gasteiger partial charge on any atom is -0.480 e. The van der Waals surface area contributed by atoms with Crippen molar-refractivity contribution in [2.24, 2.45) is 5.73 Å². The lowest BCUT2D eigenvalue weighted by molar-refractivity contribution is -0.143. The molecular weight excluding hydrogens is 274 g/mol. The van der Waals surface area contributed by atoms with Crippen molar-refractivity contribution in [2.75, 3.05) is 18.8 Å². The van der Waals surface area contributed by atoms with Gasteiger partial charge in [0.25, 0.3) is 5.24 Å². The normalized spacial score (nSPS) is 16.2. The van der Waals surface area contributed by atoms with Gasteiger partial charge < -0.3 is 21.1 Å². The molecule has 1 atom stereocenters. The van der Waals surface area contributed by atoms with Gasteiger partial charge in [-0.05, 0) is 0 Å². The summed E-state index contributed by atoms with van der Waals surface area (Å²) in [6.07, 6.45) is -0.464. The maximum Gasteiger partial charge on any atom is 0.326 e. The number of carboxylic acids is 1. The van der Waals surface area contributed by atoms with Crippen LogP contribution in [0.15, 0.2) is 0 Å². The van der Waals surface area contributed by atoms with Gasteiger partial charge in [0.2, 0.25) is 11.8 Å². The SMILES string of the molecule is NC(=O)C[C@@H](NC(=O)CCN1CCSC1=O)C(=O)O. The third-order valence-corrected chi connectivity index (χ3v) is 3.38. The molecule has 0 saturated carbocycles. The quantitative estimate of drug-likeness (QED) is 0.550. The molecule has 0 spiro atoms. The van der Waals surface area contributed by atoms with Crippen LogP contribution in [-0.4, -0.2) is 57.9 Å². The summed E-state index contributed by atoms with van der Waals surface area (Å²) in [5.41, 5.74) is 4.89. The van der Waals surface area contributed by atoms with Crippen molar-refractivity contribution in [1.82, 2.24) is 10.2 Å². The second-order valence-electron chi connectivity index (χ2n) is 3.98. The first-order chi connectivity index (χ1) is 8.90. The Labute approximate surface area is 113 Å². The molecule has 0 bridgehead atoms. The van der Waals surface area contributed by atoms with Gasteiger partial charge in [0.05, 0.1) is 6.42 Å². The summed E-state index contributed by atoms with van der Waals surface area (Å²) in [6, 6.07) is -1.33. The molecule has 1 heterocycles. The van der Waals surface area contributed by atoms with Gasteiger partial charge in [-0.1, -0.05) is 11.8 Å². The van der Waals surface area contributed by atoms with Crippen LogP contribution in [0, 0.1) is 0 Å². The van der Waals surface area contributed by atoms with Crippen LogP contribution in [0.1, 0.15) is 12.8 Å². The minimum atomic E-state index is -1.33. The van der Waals surface area contributed by atoms with Crippen LogP contribution in [0.3, 0.4) is 0 Å². The van der Waals surface area contributed by atoms with E-state index in [-0.39, 0.29) is 18.2 Å². The van der Waals surface area contributed by atoms with E-state index in [9.17, 15) is 19.2 Å². The number of primary amides is 1. The smallest absolute Gasteiger partial charge is 0.326 e. The van der Waals surface area contributed by atoms with E-state index in [4.69, 9.17) is 10.8 Å². The Hall–Kier alpha value is -1.77. The molecular formula is C10H15N3O5S. The molecule has 9 heteroatoms. The average molecular weight is 289 g/mol. The zero-order valence-corrected chi connectivity index (χ0v) is 10.9. The fraction of sp³-hybridized carbons (Fsp3) is 0.600. The third-order valence-electron chi connectivity index (χ3n) is 2.49. The number of nitrogens with two attached hydrogens (primary N) is 1. The number of nitrogens with one attached hydrogen (secondary N) is 1. The molecule has 1 aliphatic rings. The van der Waals surface area contributed by atoms with Gasteiger partial charge in [-0.3, -0.25) is 14.4 Å². The zero-order valence-electron chi connectivity index (χ0n) is 10.1. The molecule has 106 valence electrons. The van der Waals surface area contributed by atoms with E-state index in [1.54, 1.807) is 0 Å². The van der Waals surface area contributed by atoms with E-state index in [1.807, 2.05) is 0 Å². The number of carbonyl (C=O) groups excluding carboxylic acids is 3. The topological polar surface area (TPSA) is 130 Å². The molecule has 0 aromatic carbocycles. The molecule has 19 heavy (non-hydrogen) atoms. The van der Waals surface area contributed by atoms with Gasteiger partial charge in [-0.15, -0.1) is 0 Å². The molecule has 1 rings (SSSR count). The number of rotatable bonds is 7. The fourth-order valence-corrected chi connectivity index (χ4v) is 2.38. The van der Waals surface area contributed by atoms with Crippen LogP contribution in [0.4, 0.5) is 4.79 Å². The number of hydrogen-bond acceptors (Lipinski definition) is 5. The first-order valence-corrected chi connectivity index (χ1v) is 6.61. The van der Waals surface area contributed by atoms with Crippen LogP contribution < -0.4 is 11.1 Å². The van der Waals surface area contributed by atoms with Gasteiger partial charge in [0.15, 0.2) is 0 Å². The minimum absolute atomic E-state index is 0.00512. The highest BCUT2D eigenvalue weighted by Gasteiger charge is 2.24. The lowest BCUT2D eigenvalue weighted by atomic mass is 10.2. The molecule has 4 N–H and O–H groups in total. The molecule has 3 amide bonds. The number of carbonyl (C=O) groups is 4. The van der Waals surface area contributed by atoms with Gasteiger partial charge >= 0.3 is 5.97 Å². The maximum atomic E-state index is 11.5. The van der Waals surface area contributed by atoms with E-state index in [0.29, 0.717) is 12.3 Å². The van der Waals surface area contributed by atoms with Gasteiger partial charge in [0.1, 0.15) is 6.04 Å². The van der Waals surface area contributed by atoms with Crippen molar-refractivity contribution in [3.8, 4) is 0 Å². The van der Waals surface area contributed by atoms with Crippen LogP contribution in [-0.2, 0) is 14.4 Å². The van der Waals surface area contributed by atoms with Crippen LogP contribution in [0.2, 0.25) is 0 Å². The first kappa shape index (κ1) is 15.3. The third kappa shape index (κ3) is 5.16. The molecule has 0 unspecified atom stereocenters. The predicted molar refractivity (Wildman–Crippen MR) is 67.4 cm³/mol. The fourth-order valence-electron chi connectivity index (χ4n) is 1.53. The molecule has 0 aromatic heterocycles. The predicted octanol–water partition coefficient (Wildman–Crippen LogP) is -1.01. The van der Waals surface area contributed by atoms with Crippen molar-refractivity contribution < 1.29 is 24.3 Å². The Morgan fingerprint density at radius 3 is 2.63 bits per heavy atom. The van der Waals surface area contributed by atoms with E-state index in [1.165, 1.54) is 16.7 Å². The second-order valence-corrected chi connectivity index (χ2v) is 5.03. The summed E-state index contributed by atoms with van der Waals surface area (Å²) in [5.74, 6) is -1.96. The number of carboxylic acid groups (broad SMARTS) is 1. The average Bonchev–Trinajstić information content (AvgIpc) is 2.70. The second kappa shape index (κ2) is 6.98. The number of amides is 3. The van der Waals surface area contributed by atoms with Crippen molar-refractivity contribution in [3.05, 3.63) is 0 Å². The van der Waals surface area contributed by atoms with Crippen molar-refractivity contribution in [1.29, 1.82) is 0 Å². The van der Waals surface area contributed by atoms with Gasteiger partial charge in [-0.2, -0.15) is 0 Å². The number of nitrogens with zero attached hydrogens (tertiary/aromatic N) is 1. The summed E-state index contributed by atoms with van der Waals surface area (Å²) in [5, 5.41) is 10.9. The lowest BCUT2D eigenvalue weighted by Gasteiger charge is -2.16. The summed E-state index contributed by atoms with van der Waals surface area (Å²) in [4.78, 5) is 45.8. The summed E-state index contributed by atoms with van der Waals surface area (Å²) >= 11 is 1.18. The lowest BCUT2D eigenvalue weighted by Crippen LogP contribution is -2.44. The Morgan fingerprint density at radius 1 is 1.47 bits per heavy atom. The number of aliphatic carboxylic acids is 1. The molecule has 1 fully saturated rings. The monoisotopic (exact) mass is 289 g/mol. The highest BCUT2D eigenvalue weighted by Crippen LogP contribution is 2.16. The largest absolute Gasteiger partial charge is 0.480 e. The molecule has 1 aliphatic heterocycles. The number of hydrogen-bond donors (Lipinski definition) is 3. The Bertz CT molecular complexity index is 401. The Balaban J connectivity index is 2.37. The van der Waals surface area contributed by atoms with Crippen molar-refractivity contribution in [2.45, 2.75) is 18.9 Å². The summed E-state index contributed by atoms with van der Waals surface area (Å²) < 4.78 is 0. The molecule has 1 saturated heterocycles. The van der Waals surface area contributed by atoms with E-state index < -0.39 is 30.2 Å². The van der Waals surface area contributed by atoms with Crippen molar-refractivity contribution in [3.63, 3.8) is 0 Å². The summed E-state index contributed by atoms with van der Waals surface area (Å²) in [6.45, 7) is 0.820. The van der Waals surface area contributed by atoms with Crippen LogP contribution in [0.5, 0.6) is 0 Å². The summed E-state index contributed by atoms with van der Waals surface area (Å²) in [7, 11) is 0. The van der Waals surface area contributed by atoms with Gasteiger partial charge in [0, 0.05) is 25.3 Å². The standard InChI is InChI=1S/C10H15N3O5S/c11-7(14)5-6(9(16)17)12-8(15)1-2-13-3-4-19-10(13)18/h6H,1-5H2,(H2,11,14)(H,12,15)(H,16,17)/t6-/m1/s1. The molecule has 0 aliphatic carbocycles. The van der Waals surface area contributed by atoms with Crippen LogP contribution >= 0.6 is 11.8 Å². The maximum absolute atomic E-state index is 11.5. The van der Waals surface area contributed by atoms with Crippen LogP contribution in [0.25, 0.3) is 0 Å². The Kier molecular flexibility index (Phi) is 5.61. The molecule has 0 aromatic rings. The van der Waals surface area contributed by atoms with E-state index >= 15 is 0 Å². The highest BCUT2D eigenvalue weighted by molar-refractivity contribution is 8.13. The Morgan fingerprint density at radius 2 is 2.16 bits per heavy atom. The van der Waals surface area contributed by atoms with Crippen molar-refractivity contribution >= 4 is 34.8 Å².